The fraction of sp³-hybridized carbons (Fsp3) is 0.462. The van der Waals surface area contributed by atoms with Gasteiger partial charge in [-0.25, -0.2) is 4.79 Å². The van der Waals surface area contributed by atoms with Crippen LogP contribution in [0.1, 0.15) is 26.3 Å². The van der Waals surface area contributed by atoms with E-state index in [0.29, 0.717) is 0 Å². The first-order chi connectivity index (χ1) is 8.96. The highest BCUT2D eigenvalue weighted by Gasteiger charge is 2.59. The lowest BCUT2D eigenvalue weighted by Crippen LogP contribution is -2.47. The molecule has 1 aromatic rings. The minimum atomic E-state index is -5.20. The Bertz CT molecular complexity index is 465. The number of benzene rings is 1. The van der Waals surface area contributed by atoms with E-state index in [1.54, 1.807) is 0 Å². The van der Waals surface area contributed by atoms with E-state index in [2.05, 4.69) is 9.47 Å². The monoisotopic (exact) mass is 292 g/mol. The van der Waals surface area contributed by atoms with E-state index in [-0.39, 0.29) is 0 Å². The number of alkyl halides is 3. The van der Waals surface area contributed by atoms with E-state index in [1.165, 1.54) is 39.0 Å². The molecule has 0 saturated heterocycles. The molecule has 0 aliphatic rings. The molecule has 0 spiro atoms. The molecule has 4 nitrogen and oxygen atoms in total. The van der Waals surface area contributed by atoms with E-state index >= 15 is 0 Å². The van der Waals surface area contributed by atoms with Crippen molar-refractivity contribution in [1.29, 1.82) is 0 Å². The van der Waals surface area contributed by atoms with Gasteiger partial charge >= 0.3 is 18.1 Å². The van der Waals surface area contributed by atoms with Gasteiger partial charge in [0.05, 0.1) is 0 Å². The molecule has 0 fully saturated rings. The first kappa shape index (κ1) is 16.3. The lowest BCUT2D eigenvalue weighted by atomic mass is 10.1. The van der Waals surface area contributed by atoms with Crippen molar-refractivity contribution in [3.05, 3.63) is 35.9 Å². The maximum Gasteiger partial charge on any atom is 0.511 e. The third-order valence-electron chi connectivity index (χ3n) is 2.17. The molecular weight excluding hydrogens is 277 g/mol. The SMILES string of the molecule is CC(C)(C)OC(=O)OC(O)(c1ccccc1)C(F)(F)F. The Kier molecular flexibility index (Phi) is 4.33. The molecule has 0 heterocycles. The van der Waals surface area contributed by atoms with E-state index < -0.39 is 29.3 Å². The average molecular weight is 292 g/mol. The lowest BCUT2D eigenvalue weighted by Gasteiger charge is -2.31. The predicted octanol–water partition coefficient (Wildman–Crippen LogP) is 3.35. The molecular formula is C13H15F3O4. The van der Waals surface area contributed by atoms with Gasteiger partial charge in [0.25, 0.3) is 0 Å². The van der Waals surface area contributed by atoms with Gasteiger partial charge in [0.1, 0.15) is 5.60 Å². The van der Waals surface area contributed by atoms with Crippen LogP contribution in [-0.2, 0) is 15.3 Å². The number of hydrogen-bond acceptors (Lipinski definition) is 4. The van der Waals surface area contributed by atoms with Crippen LogP contribution < -0.4 is 0 Å². The number of carbonyl (C=O) groups excluding carboxylic acids is 1. The second kappa shape index (κ2) is 5.32. The molecule has 0 aromatic heterocycles. The zero-order chi connectivity index (χ0) is 15.6. The van der Waals surface area contributed by atoms with Crippen LogP contribution in [0.15, 0.2) is 30.3 Å². The van der Waals surface area contributed by atoms with Crippen LogP contribution in [0.5, 0.6) is 0 Å². The quantitative estimate of drug-likeness (QED) is 0.671. The summed E-state index contributed by atoms with van der Waals surface area (Å²) in [6.07, 6.45) is -6.81. The Hall–Kier alpha value is -1.76. The zero-order valence-corrected chi connectivity index (χ0v) is 11.2. The summed E-state index contributed by atoms with van der Waals surface area (Å²) in [6.45, 7) is 4.39. The molecule has 20 heavy (non-hydrogen) atoms. The molecule has 1 unspecified atom stereocenters. The molecule has 1 N–H and O–H groups in total. The molecule has 0 saturated carbocycles. The summed E-state index contributed by atoms with van der Waals surface area (Å²) in [5.41, 5.74) is -1.65. The number of ether oxygens (including phenoxy) is 2. The summed E-state index contributed by atoms with van der Waals surface area (Å²) in [4.78, 5) is 11.4. The molecule has 0 radical (unpaired) electrons. The van der Waals surface area contributed by atoms with Crippen molar-refractivity contribution in [3.8, 4) is 0 Å². The summed E-state index contributed by atoms with van der Waals surface area (Å²) in [7, 11) is 0. The van der Waals surface area contributed by atoms with Crippen molar-refractivity contribution in [2.45, 2.75) is 38.3 Å². The molecule has 0 bridgehead atoms. The maximum absolute atomic E-state index is 13.0. The standard InChI is InChI=1S/C13H15F3O4/c1-11(2,3)19-10(17)20-12(18,13(14,15)16)9-7-5-4-6-8-9/h4-8,18H,1-3H3. The third kappa shape index (κ3) is 3.86. The molecule has 1 aromatic carbocycles. The summed E-state index contributed by atoms with van der Waals surface area (Å²) < 4.78 is 47.8. The van der Waals surface area contributed by atoms with Gasteiger partial charge in [0.2, 0.25) is 0 Å². The van der Waals surface area contributed by atoms with Gasteiger partial charge in [-0.05, 0) is 20.8 Å². The second-order valence-electron chi connectivity index (χ2n) is 5.07. The summed E-state index contributed by atoms with van der Waals surface area (Å²) in [5.74, 6) is -3.75. The van der Waals surface area contributed by atoms with Crippen molar-refractivity contribution in [2.75, 3.05) is 0 Å². The topological polar surface area (TPSA) is 55.8 Å². The van der Waals surface area contributed by atoms with Crippen LogP contribution in [0.2, 0.25) is 0 Å². The molecule has 0 aliphatic heterocycles. The zero-order valence-electron chi connectivity index (χ0n) is 11.2. The molecule has 1 atom stereocenters. The Balaban J connectivity index is 3.07. The van der Waals surface area contributed by atoms with Crippen LogP contribution in [0.3, 0.4) is 0 Å². The molecule has 112 valence electrons. The summed E-state index contributed by atoms with van der Waals surface area (Å²) in [5, 5.41) is 9.74. The van der Waals surface area contributed by atoms with E-state index in [9.17, 15) is 23.1 Å². The normalized spacial score (nSPS) is 15.3. The van der Waals surface area contributed by atoms with Crippen molar-refractivity contribution >= 4 is 6.16 Å². The van der Waals surface area contributed by atoms with Gasteiger partial charge in [-0.2, -0.15) is 13.2 Å². The van der Waals surface area contributed by atoms with Crippen LogP contribution in [0.25, 0.3) is 0 Å². The fourth-order valence-electron chi connectivity index (χ4n) is 1.34. The minimum absolute atomic E-state index is 0.613. The Morgan fingerprint density at radius 1 is 1.05 bits per heavy atom. The average Bonchev–Trinajstić information content (AvgIpc) is 2.25. The Labute approximate surface area is 114 Å². The summed E-state index contributed by atoms with van der Waals surface area (Å²) in [6, 6.07) is 6.03. The van der Waals surface area contributed by atoms with Crippen molar-refractivity contribution < 1.29 is 32.5 Å². The fourth-order valence-corrected chi connectivity index (χ4v) is 1.34. The highest BCUT2D eigenvalue weighted by Crippen LogP contribution is 2.40. The van der Waals surface area contributed by atoms with Crippen LogP contribution in [0, 0.1) is 0 Å². The number of rotatable bonds is 2. The van der Waals surface area contributed by atoms with Crippen molar-refractivity contribution in [1.82, 2.24) is 0 Å². The molecule has 1 rings (SSSR count). The van der Waals surface area contributed by atoms with Gasteiger partial charge in [-0.15, -0.1) is 0 Å². The summed E-state index contributed by atoms with van der Waals surface area (Å²) >= 11 is 0. The highest BCUT2D eigenvalue weighted by molar-refractivity contribution is 5.61. The van der Waals surface area contributed by atoms with Gasteiger partial charge in [-0.3, -0.25) is 0 Å². The largest absolute Gasteiger partial charge is 0.511 e. The highest BCUT2D eigenvalue weighted by atomic mass is 19.4. The van der Waals surface area contributed by atoms with E-state index in [0.717, 1.165) is 12.1 Å². The van der Waals surface area contributed by atoms with Crippen LogP contribution in [-0.4, -0.2) is 23.0 Å². The van der Waals surface area contributed by atoms with E-state index in [1.807, 2.05) is 0 Å². The smallest absolute Gasteiger partial charge is 0.428 e. The first-order valence-corrected chi connectivity index (χ1v) is 5.72. The third-order valence-corrected chi connectivity index (χ3v) is 2.17. The van der Waals surface area contributed by atoms with Gasteiger partial charge < -0.3 is 14.6 Å². The van der Waals surface area contributed by atoms with Crippen molar-refractivity contribution in [3.63, 3.8) is 0 Å². The predicted molar refractivity (Wildman–Crippen MR) is 63.7 cm³/mol. The number of halogens is 3. The number of carbonyl (C=O) groups is 1. The van der Waals surface area contributed by atoms with Crippen molar-refractivity contribution in [2.24, 2.45) is 0 Å². The maximum atomic E-state index is 13.0. The molecule has 0 amide bonds. The first-order valence-electron chi connectivity index (χ1n) is 5.72. The van der Waals surface area contributed by atoms with Gasteiger partial charge in [0, 0.05) is 5.56 Å². The number of hydrogen-bond donors (Lipinski definition) is 1. The van der Waals surface area contributed by atoms with Crippen LogP contribution in [0.4, 0.5) is 18.0 Å². The molecule has 7 heteroatoms. The van der Waals surface area contributed by atoms with Crippen LogP contribution >= 0.6 is 0 Å². The lowest BCUT2D eigenvalue weighted by molar-refractivity contribution is -0.360. The van der Waals surface area contributed by atoms with Gasteiger partial charge in [-0.1, -0.05) is 30.3 Å². The van der Waals surface area contributed by atoms with E-state index in [4.69, 9.17) is 0 Å². The van der Waals surface area contributed by atoms with Gasteiger partial charge in [0.15, 0.2) is 0 Å². The number of aliphatic hydroxyl groups is 1. The minimum Gasteiger partial charge on any atom is -0.428 e. The Morgan fingerprint density at radius 3 is 1.95 bits per heavy atom. The Morgan fingerprint density at radius 2 is 1.55 bits per heavy atom. The molecule has 0 aliphatic carbocycles. The second-order valence-corrected chi connectivity index (χ2v) is 5.07.